The van der Waals surface area contributed by atoms with Gasteiger partial charge in [0.25, 0.3) is 0 Å². The summed E-state index contributed by atoms with van der Waals surface area (Å²) < 4.78 is 17.2. The minimum Gasteiger partial charge on any atom is -0.494 e. The van der Waals surface area contributed by atoms with E-state index in [4.69, 9.17) is 18.9 Å². The summed E-state index contributed by atoms with van der Waals surface area (Å²) in [7, 11) is -2.00. The maximum atomic E-state index is 11.9. The van der Waals surface area contributed by atoms with Gasteiger partial charge in [-0.25, -0.2) is 0 Å². The van der Waals surface area contributed by atoms with Gasteiger partial charge in [-0.05, 0) is 81.1 Å². The van der Waals surface area contributed by atoms with Crippen molar-refractivity contribution >= 4 is 14.5 Å². The Balaban J connectivity index is 1.52. The summed E-state index contributed by atoms with van der Waals surface area (Å²) in [6.07, 6.45) is 4.06. The Morgan fingerprint density at radius 3 is 2.21 bits per heavy atom. The summed E-state index contributed by atoms with van der Waals surface area (Å²) in [5.41, 5.74) is 2.82. The average Bonchev–Trinajstić information content (AvgIpc) is 2.81. The standard InChI is InChI=1S/C26H36N2O4Si/c1-4-31-33(2,3)32-20-8-18-28-26(29)9-6-5-7-19-30-25-16-14-24(15-17-25)23-12-10-22(21-27)11-13-23/h10-17H,4-9,18-20H2,1-3H3,(H,28,29). The van der Waals surface area contributed by atoms with Crippen molar-refractivity contribution in [3.8, 4) is 22.9 Å². The summed E-state index contributed by atoms with van der Waals surface area (Å²) in [5, 5.41) is 11.8. The van der Waals surface area contributed by atoms with Crippen LogP contribution in [0.2, 0.25) is 13.1 Å². The van der Waals surface area contributed by atoms with Crippen molar-refractivity contribution in [3.05, 3.63) is 54.1 Å². The number of nitriles is 1. The number of unbranched alkanes of at least 4 members (excludes halogenated alkanes) is 2. The second kappa shape index (κ2) is 14.5. The SMILES string of the molecule is CCO[Si](C)(C)OCCCNC(=O)CCCCCOc1ccc(-c2ccc(C#N)cc2)cc1. The quantitative estimate of drug-likeness (QED) is 0.279. The minimum atomic E-state index is -2.00. The monoisotopic (exact) mass is 468 g/mol. The van der Waals surface area contributed by atoms with Crippen LogP contribution in [0.25, 0.3) is 11.1 Å². The van der Waals surface area contributed by atoms with E-state index in [9.17, 15) is 4.79 Å². The fourth-order valence-corrected chi connectivity index (χ4v) is 4.75. The van der Waals surface area contributed by atoms with Gasteiger partial charge < -0.3 is 18.9 Å². The van der Waals surface area contributed by atoms with Crippen molar-refractivity contribution in [2.24, 2.45) is 0 Å². The van der Waals surface area contributed by atoms with Crippen LogP contribution in [0, 0.1) is 11.3 Å². The number of amides is 1. The van der Waals surface area contributed by atoms with Gasteiger partial charge in [0.05, 0.1) is 18.2 Å². The van der Waals surface area contributed by atoms with E-state index in [1.165, 1.54) is 0 Å². The highest BCUT2D eigenvalue weighted by Gasteiger charge is 2.23. The molecule has 7 heteroatoms. The summed E-state index contributed by atoms with van der Waals surface area (Å²) in [6, 6.07) is 17.6. The number of ether oxygens (including phenoxy) is 1. The van der Waals surface area contributed by atoms with Crippen LogP contribution < -0.4 is 10.1 Å². The first-order valence-corrected chi connectivity index (χ1v) is 14.5. The number of hydrogen-bond acceptors (Lipinski definition) is 5. The van der Waals surface area contributed by atoms with E-state index in [2.05, 4.69) is 11.4 Å². The molecule has 0 saturated carbocycles. The molecular weight excluding hydrogens is 432 g/mol. The Morgan fingerprint density at radius 1 is 0.909 bits per heavy atom. The Bertz CT molecular complexity index is 877. The van der Waals surface area contributed by atoms with E-state index in [1.807, 2.05) is 68.5 Å². The van der Waals surface area contributed by atoms with Crippen LogP contribution >= 0.6 is 0 Å². The topological polar surface area (TPSA) is 80.6 Å². The zero-order chi connectivity index (χ0) is 23.9. The molecule has 0 spiro atoms. The molecule has 6 nitrogen and oxygen atoms in total. The second-order valence-corrected chi connectivity index (χ2v) is 11.6. The first-order valence-electron chi connectivity index (χ1n) is 11.7. The number of nitrogens with zero attached hydrogens (tertiary/aromatic N) is 1. The molecule has 0 unspecified atom stereocenters. The summed E-state index contributed by atoms with van der Waals surface area (Å²) in [5.74, 6) is 0.929. The highest BCUT2D eigenvalue weighted by atomic mass is 28.4. The molecule has 0 saturated heterocycles. The van der Waals surface area contributed by atoms with Crippen molar-refractivity contribution in [1.29, 1.82) is 5.26 Å². The third-order valence-corrected chi connectivity index (χ3v) is 6.99. The van der Waals surface area contributed by atoms with E-state index in [-0.39, 0.29) is 5.91 Å². The van der Waals surface area contributed by atoms with Gasteiger partial charge in [0.2, 0.25) is 5.91 Å². The molecule has 0 aliphatic heterocycles. The van der Waals surface area contributed by atoms with Crippen LogP contribution in [0.4, 0.5) is 0 Å². The van der Waals surface area contributed by atoms with Crippen LogP contribution in [0.15, 0.2) is 48.5 Å². The van der Waals surface area contributed by atoms with Gasteiger partial charge in [-0.15, -0.1) is 0 Å². The largest absolute Gasteiger partial charge is 0.494 e. The Labute approximate surface area is 199 Å². The summed E-state index contributed by atoms with van der Waals surface area (Å²) in [4.78, 5) is 11.9. The first kappa shape index (κ1) is 26.6. The van der Waals surface area contributed by atoms with E-state index < -0.39 is 8.56 Å². The lowest BCUT2D eigenvalue weighted by Crippen LogP contribution is -2.36. The van der Waals surface area contributed by atoms with Crippen LogP contribution in [0.3, 0.4) is 0 Å². The van der Waals surface area contributed by atoms with E-state index in [0.717, 1.165) is 42.6 Å². The fraction of sp³-hybridized carbons (Fsp3) is 0.462. The Kier molecular flexibility index (Phi) is 11.7. The summed E-state index contributed by atoms with van der Waals surface area (Å²) >= 11 is 0. The van der Waals surface area contributed by atoms with Crippen molar-refractivity contribution in [3.63, 3.8) is 0 Å². The van der Waals surface area contributed by atoms with E-state index >= 15 is 0 Å². The molecule has 0 bridgehead atoms. The molecular formula is C26H36N2O4Si. The number of nitrogens with one attached hydrogen (secondary N) is 1. The van der Waals surface area contributed by atoms with E-state index in [1.54, 1.807) is 0 Å². The lowest BCUT2D eigenvalue weighted by molar-refractivity contribution is -0.121. The first-order chi connectivity index (χ1) is 15.9. The maximum Gasteiger partial charge on any atom is 0.331 e. The zero-order valence-corrected chi connectivity index (χ0v) is 21.1. The van der Waals surface area contributed by atoms with Gasteiger partial charge >= 0.3 is 8.56 Å². The molecule has 0 atom stereocenters. The highest BCUT2D eigenvalue weighted by molar-refractivity contribution is 6.64. The zero-order valence-electron chi connectivity index (χ0n) is 20.1. The van der Waals surface area contributed by atoms with Crippen LogP contribution in [0.5, 0.6) is 5.75 Å². The summed E-state index contributed by atoms with van der Waals surface area (Å²) in [6.45, 7) is 8.60. The molecule has 0 heterocycles. The highest BCUT2D eigenvalue weighted by Crippen LogP contribution is 2.23. The predicted molar refractivity (Wildman–Crippen MR) is 133 cm³/mol. The van der Waals surface area contributed by atoms with Crippen LogP contribution in [-0.2, 0) is 13.6 Å². The molecule has 0 aliphatic rings. The number of carbonyl (C=O) groups excluding carboxylic acids is 1. The number of rotatable bonds is 15. The van der Waals surface area contributed by atoms with Crippen molar-refractivity contribution in [1.82, 2.24) is 5.32 Å². The number of hydrogen-bond donors (Lipinski definition) is 1. The number of benzene rings is 2. The Morgan fingerprint density at radius 2 is 1.58 bits per heavy atom. The lowest BCUT2D eigenvalue weighted by atomic mass is 10.0. The molecule has 1 N–H and O–H groups in total. The smallest absolute Gasteiger partial charge is 0.331 e. The Hall–Kier alpha value is -2.66. The van der Waals surface area contributed by atoms with Gasteiger partial charge in [0.15, 0.2) is 0 Å². The van der Waals surface area contributed by atoms with Crippen LogP contribution in [0.1, 0.15) is 44.6 Å². The van der Waals surface area contributed by atoms with Gasteiger partial charge in [0, 0.05) is 26.2 Å². The van der Waals surface area contributed by atoms with Crippen molar-refractivity contribution < 1.29 is 18.4 Å². The van der Waals surface area contributed by atoms with Gasteiger partial charge in [-0.3, -0.25) is 4.79 Å². The average molecular weight is 469 g/mol. The van der Waals surface area contributed by atoms with E-state index in [0.29, 0.717) is 38.3 Å². The van der Waals surface area contributed by atoms with Crippen LogP contribution in [-0.4, -0.2) is 40.8 Å². The normalized spacial score (nSPS) is 11.1. The molecule has 2 rings (SSSR count). The molecule has 178 valence electrons. The molecule has 2 aromatic carbocycles. The molecule has 0 radical (unpaired) electrons. The molecule has 1 amide bonds. The fourth-order valence-electron chi connectivity index (χ4n) is 3.33. The molecule has 2 aromatic rings. The molecule has 0 aromatic heterocycles. The molecule has 33 heavy (non-hydrogen) atoms. The maximum absolute atomic E-state index is 11.9. The third kappa shape index (κ3) is 10.7. The predicted octanol–water partition coefficient (Wildman–Crippen LogP) is 5.43. The van der Waals surface area contributed by atoms with Crippen molar-refractivity contribution in [2.75, 3.05) is 26.4 Å². The minimum absolute atomic E-state index is 0.0932. The van der Waals surface area contributed by atoms with Gasteiger partial charge in [-0.2, -0.15) is 5.26 Å². The van der Waals surface area contributed by atoms with Gasteiger partial charge in [-0.1, -0.05) is 24.3 Å². The molecule has 0 aliphatic carbocycles. The van der Waals surface area contributed by atoms with Crippen molar-refractivity contribution in [2.45, 2.75) is 52.1 Å². The molecule has 0 fully saturated rings. The number of carbonyl (C=O) groups is 1. The van der Waals surface area contributed by atoms with Gasteiger partial charge in [0.1, 0.15) is 5.75 Å². The second-order valence-electron chi connectivity index (χ2n) is 8.26. The third-order valence-electron chi connectivity index (χ3n) is 5.10. The lowest BCUT2D eigenvalue weighted by Gasteiger charge is -2.21.